The molecule has 0 amide bonds. The van der Waals surface area contributed by atoms with Gasteiger partial charge in [0.05, 0.1) is 22.7 Å². The Morgan fingerprint density at radius 3 is 2.94 bits per heavy atom. The van der Waals surface area contributed by atoms with Crippen molar-refractivity contribution in [2.45, 2.75) is 44.1 Å². The lowest BCUT2D eigenvalue weighted by Gasteiger charge is -2.22. The Balaban J connectivity index is 1.52. The summed E-state index contributed by atoms with van der Waals surface area (Å²) in [6.07, 6.45) is 5.79. The van der Waals surface area contributed by atoms with Gasteiger partial charge in [-0.2, -0.15) is 0 Å². The molecule has 102 valence electrons. The van der Waals surface area contributed by atoms with Crippen LogP contribution in [0.2, 0.25) is 0 Å². The molecular weight excluding hydrogens is 270 g/mol. The summed E-state index contributed by atoms with van der Waals surface area (Å²) in [7, 11) is 0. The molecule has 1 fully saturated rings. The SMILES string of the molecule is ClCc1csc(CCCCOC2CCOCC2)n1. The fraction of sp³-hybridized carbons (Fsp3) is 0.769. The molecule has 18 heavy (non-hydrogen) atoms. The van der Waals surface area contributed by atoms with Crippen molar-refractivity contribution >= 4 is 22.9 Å². The van der Waals surface area contributed by atoms with Crippen LogP contribution in [0, 0.1) is 0 Å². The second-order valence-corrected chi connectivity index (χ2v) is 5.72. The lowest BCUT2D eigenvalue weighted by Crippen LogP contribution is -2.23. The third-order valence-electron chi connectivity index (χ3n) is 3.04. The molecule has 2 rings (SSSR count). The van der Waals surface area contributed by atoms with E-state index in [-0.39, 0.29) is 0 Å². The van der Waals surface area contributed by atoms with Crippen LogP contribution in [0.1, 0.15) is 36.4 Å². The molecule has 0 atom stereocenters. The molecule has 0 N–H and O–H groups in total. The summed E-state index contributed by atoms with van der Waals surface area (Å²) in [5, 5.41) is 3.23. The molecule has 1 aliphatic heterocycles. The van der Waals surface area contributed by atoms with Gasteiger partial charge in [0.15, 0.2) is 0 Å². The molecule has 0 spiro atoms. The Hall–Kier alpha value is -0.160. The molecule has 5 heteroatoms. The number of rotatable bonds is 7. The third kappa shape index (κ3) is 4.84. The molecule has 3 nitrogen and oxygen atoms in total. The van der Waals surface area contributed by atoms with Crippen molar-refractivity contribution in [2.75, 3.05) is 19.8 Å². The van der Waals surface area contributed by atoms with Crippen molar-refractivity contribution < 1.29 is 9.47 Å². The van der Waals surface area contributed by atoms with E-state index in [0.717, 1.165) is 57.6 Å². The van der Waals surface area contributed by atoms with Gasteiger partial charge in [0, 0.05) is 25.2 Å². The van der Waals surface area contributed by atoms with Crippen LogP contribution in [0.4, 0.5) is 0 Å². The first-order valence-electron chi connectivity index (χ1n) is 6.57. The highest BCUT2D eigenvalue weighted by atomic mass is 35.5. The van der Waals surface area contributed by atoms with Crippen molar-refractivity contribution in [1.82, 2.24) is 4.98 Å². The molecule has 0 aromatic carbocycles. The normalized spacial score (nSPS) is 17.2. The number of halogens is 1. The maximum absolute atomic E-state index is 5.83. The Morgan fingerprint density at radius 1 is 1.39 bits per heavy atom. The second-order valence-electron chi connectivity index (χ2n) is 4.51. The molecule has 0 saturated carbocycles. The van der Waals surface area contributed by atoms with E-state index in [9.17, 15) is 0 Å². The van der Waals surface area contributed by atoms with E-state index in [1.807, 2.05) is 5.38 Å². The summed E-state index contributed by atoms with van der Waals surface area (Å²) in [6, 6.07) is 0. The molecule has 1 aromatic rings. The van der Waals surface area contributed by atoms with Crippen LogP contribution >= 0.6 is 22.9 Å². The van der Waals surface area contributed by atoms with Crippen molar-refractivity contribution in [3.63, 3.8) is 0 Å². The van der Waals surface area contributed by atoms with E-state index < -0.39 is 0 Å². The van der Waals surface area contributed by atoms with Gasteiger partial charge in [-0.1, -0.05) is 0 Å². The summed E-state index contributed by atoms with van der Waals surface area (Å²) in [6.45, 7) is 2.56. The Bertz CT molecular complexity index is 339. The first kappa shape index (κ1) is 14.3. The van der Waals surface area contributed by atoms with Gasteiger partial charge in [-0.3, -0.25) is 0 Å². The Morgan fingerprint density at radius 2 is 2.22 bits per heavy atom. The lowest BCUT2D eigenvalue weighted by molar-refractivity contribution is -0.0326. The van der Waals surface area contributed by atoms with E-state index >= 15 is 0 Å². The Labute approximate surface area is 117 Å². The van der Waals surface area contributed by atoms with E-state index in [4.69, 9.17) is 21.1 Å². The molecule has 0 radical (unpaired) electrons. The van der Waals surface area contributed by atoms with E-state index in [0.29, 0.717) is 12.0 Å². The molecule has 0 bridgehead atoms. The third-order valence-corrected chi connectivity index (χ3v) is 4.27. The molecule has 1 aromatic heterocycles. The summed E-state index contributed by atoms with van der Waals surface area (Å²) >= 11 is 7.43. The van der Waals surface area contributed by atoms with Crippen LogP contribution in [0.25, 0.3) is 0 Å². The van der Waals surface area contributed by atoms with Gasteiger partial charge in [-0.05, 0) is 32.1 Å². The quantitative estimate of drug-likeness (QED) is 0.569. The summed E-state index contributed by atoms with van der Waals surface area (Å²) in [4.78, 5) is 4.45. The predicted molar refractivity (Wildman–Crippen MR) is 74.4 cm³/mol. The minimum absolute atomic E-state index is 0.418. The van der Waals surface area contributed by atoms with Crippen molar-refractivity contribution in [3.8, 4) is 0 Å². The van der Waals surface area contributed by atoms with Crippen molar-refractivity contribution in [1.29, 1.82) is 0 Å². The van der Waals surface area contributed by atoms with Crippen LogP contribution in [-0.2, 0) is 21.8 Å². The van der Waals surface area contributed by atoms with Crippen LogP contribution in [-0.4, -0.2) is 30.9 Å². The van der Waals surface area contributed by atoms with E-state index in [1.54, 1.807) is 11.3 Å². The van der Waals surface area contributed by atoms with E-state index in [2.05, 4.69) is 4.98 Å². The van der Waals surface area contributed by atoms with Crippen LogP contribution in [0.5, 0.6) is 0 Å². The number of ether oxygens (including phenoxy) is 2. The van der Waals surface area contributed by atoms with Gasteiger partial charge in [0.2, 0.25) is 0 Å². The average Bonchev–Trinajstić information content (AvgIpc) is 2.87. The monoisotopic (exact) mass is 289 g/mol. The van der Waals surface area contributed by atoms with E-state index in [1.165, 1.54) is 5.01 Å². The largest absolute Gasteiger partial charge is 0.381 e. The van der Waals surface area contributed by atoms with Crippen molar-refractivity contribution in [3.05, 3.63) is 16.1 Å². The topological polar surface area (TPSA) is 31.4 Å². The molecular formula is C13H20ClNO2S. The van der Waals surface area contributed by atoms with Crippen LogP contribution < -0.4 is 0 Å². The van der Waals surface area contributed by atoms with Gasteiger partial charge in [-0.15, -0.1) is 22.9 Å². The molecule has 0 unspecified atom stereocenters. The van der Waals surface area contributed by atoms with Gasteiger partial charge in [0.1, 0.15) is 0 Å². The lowest BCUT2D eigenvalue weighted by atomic mass is 10.1. The fourth-order valence-corrected chi connectivity index (χ4v) is 3.06. The summed E-state index contributed by atoms with van der Waals surface area (Å²) in [5.74, 6) is 0.517. The summed E-state index contributed by atoms with van der Waals surface area (Å²) < 4.78 is 11.1. The zero-order valence-electron chi connectivity index (χ0n) is 10.6. The minimum Gasteiger partial charge on any atom is -0.381 e. The molecule has 0 aliphatic carbocycles. The smallest absolute Gasteiger partial charge is 0.0928 e. The maximum Gasteiger partial charge on any atom is 0.0928 e. The fourth-order valence-electron chi connectivity index (χ4n) is 2.00. The highest BCUT2D eigenvalue weighted by Gasteiger charge is 2.13. The predicted octanol–water partition coefficient (Wildman–Crippen LogP) is 3.40. The number of unbranched alkanes of at least 4 members (excludes halogenated alkanes) is 1. The van der Waals surface area contributed by atoms with Gasteiger partial charge in [-0.25, -0.2) is 4.98 Å². The molecule has 1 aliphatic rings. The standard InChI is InChI=1S/C13H20ClNO2S/c14-9-11-10-18-13(15-11)3-1-2-6-17-12-4-7-16-8-5-12/h10,12H,1-9H2. The van der Waals surface area contributed by atoms with Crippen LogP contribution in [0.15, 0.2) is 5.38 Å². The zero-order valence-corrected chi connectivity index (χ0v) is 12.1. The number of hydrogen-bond acceptors (Lipinski definition) is 4. The minimum atomic E-state index is 0.418. The highest BCUT2D eigenvalue weighted by Crippen LogP contribution is 2.15. The Kier molecular flexibility index (Phi) is 6.41. The number of alkyl halides is 1. The van der Waals surface area contributed by atoms with Gasteiger partial charge >= 0.3 is 0 Å². The number of thiazole rings is 1. The van der Waals surface area contributed by atoms with Crippen LogP contribution in [0.3, 0.4) is 0 Å². The van der Waals surface area contributed by atoms with Crippen molar-refractivity contribution in [2.24, 2.45) is 0 Å². The number of aryl methyl sites for hydroxylation is 1. The first-order valence-corrected chi connectivity index (χ1v) is 7.98. The zero-order chi connectivity index (χ0) is 12.6. The number of hydrogen-bond donors (Lipinski definition) is 0. The average molecular weight is 290 g/mol. The molecule has 2 heterocycles. The first-order chi connectivity index (χ1) is 8.88. The number of nitrogens with zero attached hydrogens (tertiary/aromatic N) is 1. The van der Waals surface area contributed by atoms with Gasteiger partial charge < -0.3 is 9.47 Å². The highest BCUT2D eigenvalue weighted by molar-refractivity contribution is 7.09. The molecule has 1 saturated heterocycles. The van der Waals surface area contributed by atoms with Gasteiger partial charge in [0.25, 0.3) is 0 Å². The maximum atomic E-state index is 5.83. The second kappa shape index (κ2) is 8.10. The summed E-state index contributed by atoms with van der Waals surface area (Å²) in [5.41, 5.74) is 0.995. The number of aromatic nitrogens is 1.